The molecule has 2 aliphatic rings. The number of nitrogens with zero attached hydrogens (tertiary/aromatic N) is 3. The predicted molar refractivity (Wildman–Crippen MR) is 78.1 cm³/mol. The topological polar surface area (TPSA) is 53.1 Å². The van der Waals surface area contributed by atoms with Crippen molar-refractivity contribution in [2.24, 2.45) is 0 Å². The van der Waals surface area contributed by atoms with Crippen molar-refractivity contribution in [3.05, 3.63) is 30.1 Å². The molecule has 0 N–H and O–H groups in total. The maximum absolute atomic E-state index is 13.8. The highest BCUT2D eigenvalue weighted by atomic mass is 19.1. The molecular formula is C15H18FN3O3. The Kier molecular flexibility index (Phi) is 4.24. The number of benzene rings is 1. The first-order chi connectivity index (χ1) is 10.7. The number of para-hydroxylation sites is 1. The second kappa shape index (κ2) is 6.31. The van der Waals surface area contributed by atoms with E-state index in [-0.39, 0.29) is 24.2 Å². The first kappa shape index (κ1) is 14.8. The largest absolute Gasteiger partial charge is 0.378 e. The summed E-state index contributed by atoms with van der Waals surface area (Å²) in [5, 5.41) is 0. The van der Waals surface area contributed by atoms with Gasteiger partial charge in [-0.2, -0.15) is 0 Å². The van der Waals surface area contributed by atoms with Crippen LogP contribution in [0.25, 0.3) is 0 Å². The Hall–Kier alpha value is -2.15. The van der Waals surface area contributed by atoms with E-state index in [1.54, 1.807) is 23.1 Å². The Bertz CT molecular complexity index is 575. The summed E-state index contributed by atoms with van der Waals surface area (Å²) >= 11 is 0. The minimum atomic E-state index is -0.433. The summed E-state index contributed by atoms with van der Waals surface area (Å²) in [4.78, 5) is 29.1. The zero-order valence-electron chi connectivity index (χ0n) is 12.2. The molecular weight excluding hydrogens is 289 g/mol. The molecule has 1 aromatic rings. The third-order valence-electron chi connectivity index (χ3n) is 3.93. The van der Waals surface area contributed by atoms with Gasteiger partial charge in [0.15, 0.2) is 0 Å². The smallest absolute Gasteiger partial charge is 0.325 e. The molecule has 22 heavy (non-hydrogen) atoms. The maximum atomic E-state index is 13.8. The molecule has 0 unspecified atom stereocenters. The second-order valence-electron chi connectivity index (χ2n) is 5.30. The predicted octanol–water partition coefficient (Wildman–Crippen LogP) is 0.927. The molecule has 3 amide bonds. The van der Waals surface area contributed by atoms with Crippen LogP contribution in [-0.2, 0) is 9.53 Å². The summed E-state index contributed by atoms with van der Waals surface area (Å²) in [6, 6.07) is 5.84. The maximum Gasteiger partial charge on any atom is 0.325 e. The van der Waals surface area contributed by atoms with Gasteiger partial charge in [0.05, 0.1) is 18.9 Å². The fraction of sp³-hybridized carbons (Fsp3) is 0.467. The zero-order chi connectivity index (χ0) is 15.5. The highest BCUT2D eigenvalue weighted by Gasteiger charge is 2.33. The van der Waals surface area contributed by atoms with Gasteiger partial charge in [-0.05, 0) is 12.1 Å². The number of anilines is 1. The average Bonchev–Trinajstić information content (AvgIpc) is 2.90. The quantitative estimate of drug-likeness (QED) is 0.835. The molecule has 0 aliphatic carbocycles. The van der Waals surface area contributed by atoms with Crippen molar-refractivity contribution in [2.75, 3.05) is 50.8 Å². The van der Waals surface area contributed by atoms with Crippen molar-refractivity contribution in [1.29, 1.82) is 0 Å². The highest BCUT2D eigenvalue weighted by Crippen LogP contribution is 2.23. The van der Waals surface area contributed by atoms with E-state index in [2.05, 4.69) is 0 Å². The summed E-state index contributed by atoms with van der Waals surface area (Å²) in [7, 11) is 0. The summed E-state index contributed by atoms with van der Waals surface area (Å²) < 4.78 is 19.0. The van der Waals surface area contributed by atoms with Crippen LogP contribution in [-0.4, -0.2) is 67.7 Å². The minimum Gasteiger partial charge on any atom is -0.378 e. The van der Waals surface area contributed by atoms with Crippen molar-refractivity contribution >= 4 is 17.6 Å². The molecule has 0 saturated carbocycles. The van der Waals surface area contributed by atoms with Crippen LogP contribution in [0.15, 0.2) is 24.3 Å². The molecule has 6 nitrogen and oxygen atoms in total. The van der Waals surface area contributed by atoms with E-state index in [0.29, 0.717) is 39.4 Å². The van der Waals surface area contributed by atoms with Gasteiger partial charge < -0.3 is 14.5 Å². The summed E-state index contributed by atoms with van der Waals surface area (Å²) in [5.74, 6) is -0.524. The van der Waals surface area contributed by atoms with E-state index in [1.165, 1.54) is 15.9 Å². The number of hydrogen-bond donors (Lipinski definition) is 0. The lowest BCUT2D eigenvalue weighted by atomic mass is 10.3. The van der Waals surface area contributed by atoms with E-state index in [9.17, 15) is 14.0 Å². The first-order valence-corrected chi connectivity index (χ1v) is 7.33. The lowest BCUT2D eigenvalue weighted by Gasteiger charge is -2.28. The Morgan fingerprint density at radius 3 is 2.59 bits per heavy atom. The standard InChI is InChI=1S/C15H18FN3O3/c16-12-3-1-2-4-13(12)19-6-5-18(15(19)21)11-14(20)17-7-9-22-10-8-17/h1-4H,5-11H2. The van der Waals surface area contributed by atoms with Gasteiger partial charge in [0, 0.05) is 26.2 Å². The van der Waals surface area contributed by atoms with E-state index >= 15 is 0 Å². The summed E-state index contributed by atoms with van der Waals surface area (Å²) in [6.07, 6.45) is 0. The van der Waals surface area contributed by atoms with Crippen LogP contribution in [0.3, 0.4) is 0 Å². The monoisotopic (exact) mass is 307 g/mol. The Morgan fingerprint density at radius 1 is 1.14 bits per heavy atom. The molecule has 1 aromatic carbocycles. The Labute approximate surface area is 128 Å². The van der Waals surface area contributed by atoms with Gasteiger partial charge >= 0.3 is 6.03 Å². The van der Waals surface area contributed by atoms with Crippen molar-refractivity contribution < 1.29 is 18.7 Å². The number of halogens is 1. The molecule has 3 rings (SSSR count). The number of hydrogen-bond acceptors (Lipinski definition) is 3. The summed E-state index contributed by atoms with van der Waals surface area (Å²) in [5.41, 5.74) is 0.258. The third-order valence-corrected chi connectivity index (χ3v) is 3.93. The molecule has 0 bridgehead atoms. The minimum absolute atomic E-state index is 0.0315. The van der Waals surface area contributed by atoms with Crippen LogP contribution >= 0.6 is 0 Å². The van der Waals surface area contributed by atoms with Crippen molar-refractivity contribution in [2.45, 2.75) is 0 Å². The number of urea groups is 1. The third kappa shape index (κ3) is 2.89. The number of rotatable bonds is 3. The molecule has 2 saturated heterocycles. The van der Waals surface area contributed by atoms with Crippen molar-refractivity contribution in [3.8, 4) is 0 Å². The molecule has 2 heterocycles. The summed E-state index contributed by atoms with van der Waals surface area (Å²) in [6.45, 7) is 3.00. The van der Waals surface area contributed by atoms with E-state index in [1.807, 2.05) is 0 Å². The van der Waals surface area contributed by atoms with Crippen molar-refractivity contribution in [1.82, 2.24) is 9.80 Å². The van der Waals surface area contributed by atoms with Crippen LogP contribution in [0.4, 0.5) is 14.9 Å². The number of morpholine rings is 1. The van der Waals surface area contributed by atoms with Crippen LogP contribution in [0.2, 0.25) is 0 Å². The zero-order valence-corrected chi connectivity index (χ0v) is 12.2. The fourth-order valence-corrected chi connectivity index (χ4v) is 2.70. The normalized spacial score (nSPS) is 19.0. The van der Waals surface area contributed by atoms with E-state index in [4.69, 9.17) is 4.74 Å². The molecule has 2 aliphatic heterocycles. The number of carbonyl (C=O) groups excluding carboxylic acids is 2. The molecule has 2 fully saturated rings. The number of ether oxygens (including phenoxy) is 1. The Balaban J connectivity index is 1.64. The van der Waals surface area contributed by atoms with E-state index < -0.39 is 5.82 Å². The molecule has 0 atom stereocenters. The molecule has 0 radical (unpaired) electrons. The fourth-order valence-electron chi connectivity index (χ4n) is 2.70. The van der Waals surface area contributed by atoms with Gasteiger partial charge in [-0.25, -0.2) is 9.18 Å². The van der Waals surface area contributed by atoms with Gasteiger partial charge in [-0.1, -0.05) is 12.1 Å². The van der Waals surface area contributed by atoms with Crippen LogP contribution in [0, 0.1) is 5.82 Å². The SMILES string of the molecule is O=C(CN1CCN(c2ccccc2F)C1=O)N1CCOCC1. The number of carbonyl (C=O) groups is 2. The lowest BCUT2D eigenvalue weighted by molar-refractivity contribution is -0.135. The van der Waals surface area contributed by atoms with Crippen LogP contribution < -0.4 is 4.90 Å². The first-order valence-electron chi connectivity index (χ1n) is 7.33. The van der Waals surface area contributed by atoms with Gasteiger partial charge in [-0.3, -0.25) is 9.69 Å². The molecule has 0 aromatic heterocycles. The van der Waals surface area contributed by atoms with E-state index in [0.717, 1.165) is 0 Å². The molecule has 0 spiro atoms. The molecule has 7 heteroatoms. The average molecular weight is 307 g/mol. The Morgan fingerprint density at radius 2 is 1.86 bits per heavy atom. The highest BCUT2D eigenvalue weighted by molar-refractivity contribution is 5.96. The van der Waals surface area contributed by atoms with Gasteiger partial charge in [0.25, 0.3) is 0 Å². The number of amides is 3. The van der Waals surface area contributed by atoms with Crippen LogP contribution in [0.1, 0.15) is 0 Å². The van der Waals surface area contributed by atoms with Crippen LogP contribution in [0.5, 0.6) is 0 Å². The lowest BCUT2D eigenvalue weighted by Crippen LogP contribution is -2.46. The van der Waals surface area contributed by atoms with Crippen molar-refractivity contribution in [3.63, 3.8) is 0 Å². The van der Waals surface area contributed by atoms with Gasteiger partial charge in [-0.15, -0.1) is 0 Å². The van der Waals surface area contributed by atoms with Gasteiger partial charge in [0.2, 0.25) is 5.91 Å². The molecule has 118 valence electrons. The van der Waals surface area contributed by atoms with Gasteiger partial charge in [0.1, 0.15) is 12.4 Å². The second-order valence-corrected chi connectivity index (χ2v) is 5.30.